The molecular formula is C29H31ClN2O4S. The average Bonchev–Trinajstić information content (AvgIpc) is 3.18. The van der Waals surface area contributed by atoms with Crippen molar-refractivity contribution in [2.75, 3.05) is 13.7 Å². The van der Waals surface area contributed by atoms with E-state index in [1.165, 1.54) is 16.9 Å². The van der Waals surface area contributed by atoms with Crippen LogP contribution in [0.5, 0.6) is 5.75 Å². The lowest BCUT2D eigenvalue weighted by atomic mass is 9.93. The van der Waals surface area contributed by atoms with Gasteiger partial charge in [-0.05, 0) is 54.7 Å². The number of carbonyl (C=O) groups is 1. The van der Waals surface area contributed by atoms with Crippen molar-refractivity contribution < 1.29 is 14.3 Å². The van der Waals surface area contributed by atoms with Gasteiger partial charge in [-0.2, -0.15) is 0 Å². The monoisotopic (exact) mass is 538 g/mol. The number of carbonyl (C=O) groups excluding carboxylic acids is 1. The fourth-order valence-electron chi connectivity index (χ4n) is 4.46. The molecule has 0 amide bonds. The van der Waals surface area contributed by atoms with Gasteiger partial charge in [-0.25, -0.2) is 9.79 Å². The smallest absolute Gasteiger partial charge is 0.338 e. The molecular weight excluding hydrogens is 508 g/mol. The summed E-state index contributed by atoms with van der Waals surface area (Å²) in [5.41, 5.74) is 3.48. The molecule has 1 aromatic heterocycles. The molecule has 0 radical (unpaired) electrons. The van der Waals surface area contributed by atoms with Crippen molar-refractivity contribution >= 4 is 35.0 Å². The van der Waals surface area contributed by atoms with Crippen LogP contribution in [-0.4, -0.2) is 24.3 Å². The van der Waals surface area contributed by atoms with Crippen molar-refractivity contribution in [2.24, 2.45) is 4.99 Å². The summed E-state index contributed by atoms with van der Waals surface area (Å²) in [5, 5.41) is 0.473. The third kappa shape index (κ3) is 5.43. The van der Waals surface area contributed by atoms with Gasteiger partial charge in [0.05, 0.1) is 29.5 Å². The number of aromatic nitrogens is 1. The number of hydrogen-bond acceptors (Lipinski definition) is 6. The van der Waals surface area contributed by atoms with Crippen molar-refractivity contribution in [1.29, 1.82) is 0 Å². The molecule has 8 heteroatoms. The Kier molecular flexibility index (Phi) is 8.35. The third-order valence-corrected chi connectivity index (χ3v) is 7.50. The molecule has 0 N–H and O–H groups in total. The van der Waals surface area contributed by atoms with Gasteiger partial charge in [0.2, 0.25) is 0 Å². The second-order valence-corrected chi connectivity index (χ2v) is 10.6. The maximum atomic E-state index is 13.9. The number of esters is 1. The predicted octanol–water partition coefficient (Wildman–Crippen LogP) is 5.36. The number of ether oxygens (including phenoxy) is 2. The topological polar surface area (TPSA) is 69.9 Å². The maximum Gasteiger partial charge on any atom is 0.338 e. The zero-order chi connectivity index (χ0) is 26.7. The van der Waals surface area contributed by atoms with Gasteiger partial charge in [-0.15, -0.1) is 0 Å². The Bertz CT molecular complexity index is 1520. The molecule has 0 saturated carbocycles. The Morgan fingerprint density at radius 2 is 1.92 bits per heavy atom. The molecule has 0 bridgehead atoms. The molecule has 0 spiro atoms. The number of allylic oxidation sites excluding steroid dienone is 1. The Morgan fingerprint density at radius 3 is 2.54 bits per heavy atom. The zero-order valence-electron chi connectivity index (χ0n) is 21.7. The van der Waals surface area contributed by atoms with Gasteiger partial charge < -0.3 is 9.47 Å². The van der Waals surface area contributed by atoms with E-state index in [1.807, 2.05) is 25.1 Å². The van der Waals surface area contributed by atoms with Gasteiger partial charge in [0.25, 0.3) is 5.56 Å². The summed E-state index contributed by atoms with van der Waals surface area (Å²) in [6.45, 7) is 8.28. The highest BCUT2D eigenvalue weighted by molar-refractivity contribution is 7.07. The van der Waals surface area contributed by atoms with Crippen molar-refractivity contribution in [3.8, 4) is 5.75 Å². The fourth-order valence-corrected chi connectivity index (χ4v) is 5.66. The number of benzene rings is 2. The molecule has 4 rings (SSSR count). The van der Waals surface area contributed by atoms with Crippen molar-refractivity contribution in [2.45, 2.75) is 52.5 Å². The van der Waals surface area contributed by atoms with Crippen molar-refractivity contribution in [1.82, 2.24) is 4.57 Å². The minimum absolute atomic E-state index is 0.206. The Labute approximate surface area is 225 Å². The van der Waals surface area contributed by atoms with Gasteiger partial charge >= 0.3 is 5.97 Å². The molecule has 0 saturated heterocycles. The highest BCUT2D eigenvalue weighted by Crippen LogP contribution is 2.38. The lowest BCUT2D eigenvalue weighted by Crippen LogP contribution is -2.40. The van der Waals surface area contributed by atoms with Gasteiger partial charge in [0, 0.05) is 10.6 Å². The summed E-state index contributed by atoms with van der Waals surface area (Å²) in [4.78, 5) is 32.5. The van der Waals surface area contributed by atoms with E-state index in [0.717, 1.165) is 12.0 Å². The van der Waals surface area contributed by atoms with Crippen LogP contribution >= 0.6 is 22.9 Å². The average molecular weight is 539 g/mol. The first-order valence-electron chi connectivity index (χ1n) is 12.4. The summed E-state index contributed by atoms with van der Waals surface area (Å²) in [5.74, 6) is 0.443. The summed E-state index contributed by atoms with van der Waals surface area (Å²) in [7, 11) is 1.55. The first-order valence-corrected chi connectivity index (χ1v) is 13.6. The van der Waals surface area contributed by atoms with E-state index in [9.17, 15) is 9.59 Å². The summed E-state index contributed by atoms with van der Waals surface area (Å²) < 4.78 is 13.2. The molecule has 0 unspecified atom stereocenters. The number of thiazole rings is 1. The number of methoxy groups -OCH3 is 1. The van der Waals surface area contributed by atoms with E-state index >= 15 is 0 Å². The van der Waals surface area contributed by atoms with Crippen LogP contribution in [0.25, 0.3) is 6.08 Å². The predicted molar refractivity (Wildman–Crippen MR) is 148 cm³/mol. The van der Waals surface area contributed by atoms with Crippen LogP contribution in [0.15, 0.2) is 63.5 Å². The Hall–Kier alpha value is -3.16. The van der Waals surface area contributed by atoms with E-state index < -0.39 is 12.0 Å². The van der Waals surface area contributed by atoms with Crippen LogP contribution in [0.1, 0.15) is 69.2 Å². The Morgan fingerprint density at radius 1 is 1.19 bits per heavy atom. The highest BCUT2D eigenvalue weighted by atomic mass is 35.5. The van der Waals surface area contributed by atoms with E-state index in [2.05, 4.69) is 26.0 Å². The molecule has 1 aliphatic rings. The van der Waals surface area contributed by atoms with E-state index in [4.69, 9.17) is 26.1 Å². The molecule has 0 fully saturated rings. The highest BCUT2D eigenvalue weighted by Gasteiger charge is 2.36. The molecule has 6 nitrogen and oxygen atoms in total. The summed E-state index contributed by atoms with van der Waals surface area (Å²) >= 11 is 7.70. The third-order valence-electron chi connectivity index (χ3n) is 6.28. The van der Waals surface area contributed by atoms with Crippen LogP contribution in [0.4, 0.5) is 0 Å². The standard InChI is InChI=1S/C29H31ClN2O4S/c1-6-8-22-25(28(34)36-7-2)26(21-16-20(30)13-14-23(21)35-5)32-27(33)24(37-29(32)31-22)15-18-9-11-19(12-10-18)17(3)4/h9-17,26H,6-8H2,1-5H3/b24-15+/t26-/m1/s1. The number of fused-ring (bicyclic) bond motifs is 1. The van der Waals surface area contributed by atoms with Crippen molar-refractivity contribution in [3.05, 3.63) is 95.1 Å². The van der Waals surface area contributed by atoms with Crippen LogP contribution in [0.2, 0.25) is 5.02 Å². The second kappa shape index (κ2) is 11.5. The molecule has 2 aromatic carbocycles. The summed E-state index contributed by atoms with van der Waals surface area (Å²) in [6, 6.07) is 12.6. The Balaban J connectivity index is 2.00. The molecule has 2 heterocycles. The number of hydrogen-bond donors (Lipinski definition) is 0. The van der Waals surface area contributed by atoms with Crippen LogP contribution < -0.4 is 19.6 Å². The second-order valence-electron chi connectivity index (χ2n) is 9.12. The molecule has 0 aliphatic carbocycles. The minimum Gasteiger partial charge on any atom is -0.496 e. The first-order chi connectivity index (χ1) is 17.8. The number of nitrogens with zero attached hydrogens (tertiary/aromatic N) is 2. The zero-order valence-corrected chi connectivity index (χ0v) is 23.3. The lowest BCUT2D eigenvalue weighted by Gasteiger charge is -2.27. The van der Waals surface area contributed by atoms with Crippen LogP contribution in [-0.2, 0) is 9.53 Å². The molecule has 37 heavy (non-hydrogen) atoms. The minimum atomic E-state index is -0.782. The molecule has 1 atom stereocenters. The molecule has 3 aromatic rings. The largest absolute Gasteiger partial charge is 0.496 e. The van der Waals surface area contributed by atoms with Crippen LogP contribution in [0.3, 0.4) is 0 Å². The molecule has 194 valence electrons. The lowest BCUT2D eigenvalue weighted by molar-refractivity contribution is -0.139. The normalized spacial score (nSPS) is 15.5. The van der Waals surface area contributed by atoms with Crippen molar-refractivity contribution in [3.63, 3.8) is 0 Å². The van der Waals surface area contributed by atoms with E-state index in [0.29, 0.717) is 49.3 Å². The quantitative estimate of drug-likeness (QED) is 0.362. The maximum absolute atomic E-state index is 13.9. The van der Waals surface area contributed by atoms with Gasteiger partial charge in [-0.3, -0.25) is 9.36 Å². The van der Waals surface area contributed by atoms with Gasteiger partial charge in [-0.1, -0.05) is 74.4 Å². The van der Waals surface area contributed by atoms with Gasteiger partial charge in [0.15, 0.2) is 4.80 Å². The van der Waals surface area contributed by atoms with Gasteiger partial charge in [0.1, 0.15) is 11.8 Å². The molecule has 1 aliphatic heterocycles. The van der Waals surface area contributed by atoms with E-state index in [-0.39, 0.29) is 12.2 Å². The fraction of sp³-hybridized carbons (Fsp3) is 0.345. The number of halogens is 1. The van der Waals surface area contributed by atoms with Crippen LogP contribution in [0, 0.1) is 0 Å². The van der Waals surface area contributed by atoms with E-state index in [1.54, 1.807) is 36.8 Å². The SMILES string of the molecule is CCCC1=C(C(=O)OCC)[C@@H](c2cc(Cl)ccc2OC)n2c(s/c(=C/c3ccc(C(C)C)cc3)c2=O)=N1. The first kappa shape index (κ1) is 26.9. The number of rotatable bonds is 8. The summed E-state index contributed by atoms with van der Waals surface area (Å²) in [6.07, 6.45) is 3.21.